The minimum atomic E-state index is -0.111. The number of hydrogen-bond acceptors (Lipinski definition) is 5. The van der Waals surface area contributed by atoms with E-state index in [1.165, 1.54) is 0 Å². The normalized spacial score (nSPS) is 16.2. The van der Waals surface area contributed by atoms with Gasteiger partial charge in [0, 0.05) is 62.4 Å². The van der Waals surface area contributed by atoms with E-state index in [-0.39, 0.29) is 17.9 Å². The van der Waals surface area contributed by atoms with Gasteiger partial charge in [0.05, 0.1) is 6.04 Å². The molecule has 7 nitrogen and oxygen atoms in total. The van der Waals surface area contributed by atoms with Crippen molar-refractivity contribution in [3.63, 3.8) is 0 Å². The highest BCUT2D eigenvalue weighted by molar-refractivity contribution is 5.96. The number of aromatic nitrogens is 1. The first-order chi connectivity index (χ1) is 16.5. The predicted molar refractivity (Wildman–Crippen MR) is 134 cm³/mol. The van der Waals surface area contributed by atoms with Crippen molar-refractivity contribution in [2.75, 3.05) is 39.0 Å². The second kappa shape index (κ2) is 10.5. The van der Waals surface area contributed by atoms with Crippen molar-refractivity contribution < 1.29 is 9.59 Å². The molecule has 0 bridgehead atoms. The van der Waals surface area contributed by atoms with Gasteiger partial charge in [-0.3, -0.25) is 19.5 Å². The largest absolute Gasteiger partial charge is 0.381 e. The minimum Gasteiger partial charge on any atom is -0.381 e. The maximum atomic E-state index is 13.4. The predicted octanol–water partition coefficient (Wildman–Crippen LogP) is 3.49. The zero-order valence-electron chi connectivity index (χ0n) is 19.9. The molecule has 7 heteroatoms. The van der Waals surface area contributed by atoms with Crippen LogP contribution in [-0.2, 0) is 6.54 Å². The number of nitrogens with one attached hydrogen (secondary N) is 2. The van der Waals surface area contributed by atoms with Crippen LogP contribution in [0.25, 0.3) is 0 Å². The number of pyridine rings is 1. The summed E-state index contributed by atoms with van der Waals surface area (Å²) < 4.78 is 0. The SMILES string of the molecule is CNC(=O)c1cccc([C@H]2CN(C(=O)c3ccc(C)c(NCc4ccncc4)c3)CCN2C)c1. The van der Waals surface area contributed by atoms with Crippen LogP contribution in [0, 0.1) is 6.92 Å². The lowest BCUT2D eigenvalue weighted by Crippen LogP contribution is -2.49. The molecule has 3 aromatic rings. The van der Waals surface area contributed by atoms with Crippen molar-refractivity contribution >= 4 is 17.5 Å². The smallest absolute Gasteiger partial charge is 0.254 e. The molecule has 0 radical (unpaired) electrons. The lowest BCUT2D eigenvalue weighted by molar-refractivity contribution is 0.0545. The molecule has 34 heavy (non-hydrogen) atoms. The fourth-order valence-corrected chi connectivity index (χ4v) is 4.28. The molecule has 1 fully saturated rings. The van der Waals surface area contributed by atoms with Gasteiger partial charge in [0.1, 0.15) is 0 Å². The van der Waals surface area contributed by atoms with Crippen LogP contribution in [0.4, 0.5) is 5.69 Å². The molecule has 1 aliphatic rings. The van der Waals surface area contributed by atoms with Gasteiger partial charge in [-0.25, -0.2) is 0 Å². The van der Waals surface area contributed by atoms with Gasteiger partial charge in [-0.15, -0.1) is 0 Å². The van der Waals surface area contributed by atoms with Crippen LogP contribution in [0.1, 0.15) is 43.4 Å². The summed E-state index contributed by atoms with van der Waals surface area (Å²) in [6.07, 6.45) is 3.55. The highest BCUT2D eigenvalue weighted by atomic mass is 16.2. The number of aryl methyl sites for hydroxylation is 1. The molecule has 2 amide bonds. The van der Waals surface area contributed by atoms with E-state index in [9.17, 15) is 9.59 Å². The molecule has 0 spiro atoms. The molecule has 1 aromatic heterocycles. The van der Waals surface area contributed by atoms with Gasteiger partial charge in [0.15, 0.2) is 0 Å². The standard InChI is InChI=1S/C27H31N5O2/c1-19-7-8-23(16-24(19)30-17-20-9-11-29-12-10-20)27(34)32-14-13-31(3)25(18-32)21-5-4-6-22(15-21)26(33)28-2/h4-12,15-16,25,30H,13-14,17-18H2,1-3H3,(H,28,33)/t25-/m1/s1. The Morgan fingerprint density at radius 1 is 1.03 bits per heavy atom. The zero-order chi connectivity index (χ0) is 24.1. The fourth-order valence-electron chi connectivity index (χ4n) is 4.28. The van der Waals surface area contributed by atoms with E-state index < -0.39 is 0 Å². The quantitative estimate of drug-likeness (QED) is 0.593. The van der Waals surface area contributed by atoms with Crippen molar-refractivity contribution in [1.29, 1.82) is 0 Å². The van der Waals surface area contributed by atoms with Gasteiger partial charge in [-0.1, -0.05) is 18.2 Å². The van der Waals surface area contributed by atoms with Crippen LogP contribution in [0.2, 0.25) is 0 Å². The van der Waals surface area contributed by atoms with Gasteiger partial charge < -0.3 is 15.5 Å². The number of anilines is 1. The minimum absolute atomic E-state index is 0.0208. The van der Waals surface area contributed by atoms with Crippen molar-refractivity contribution in [2.24, 2.45) is 0 Å². The van der Waals surface area contributed by atoms with Gasteiger partial charge in [0.2, 0.25) is 0 Å². The van der Waals surface area contributed by atoms with Crippen LogP contribution >= 0.6 is 0 Å². The Kier molecular flexibility index (Phi) is 7.23. The zero-order valence-corrected chi connectivity index (χ0v) is 19.9. The van der Waals surface area contributed by atoms with Crippen LogP contribution in [-0.4, -0.2) is 60.3 Å². The van der Waals surface area contributed by atoms with Crippen molar-refractivity contribution in [3.05, 3.63) is 94.8 Å². The summed E-state index contributed by atoms with van der Waals surface area (Å²) in [6, 6.07) is 17.4. The number of benzene rings is 2. The number of likely N-dealkylation sites (N-methyl/N-ethyl adjacent to an activating group) is 1. The Balaban J connectivity index is 1.50. The van der Waals surface area contributed by atoms with E-state index in [0.717, 1.165) is 28.9 Å². The van der Waals surface area contributed by atoms with Gasteiger partial charge in [0.25, 0.3) is 11.8 Å². The van der Waals surface area contributed by atoms with Crippen LogP contribution in [0.3, 0.4) is 0 Å². The average molecular weight is 458 g/mol. The Bertz CT molecular complexity index is 1160. The first kappa shape index (κ1) is 23.4. The summed E-state index contributed by atoms with van der Waals surface area (Å²) in [5.41, 5.74) is 5.50. The maximum absolute atomic E-state index is 13.4. The summed E-state index contributed by atoms with van der Waals surface area (Å²) >= 11 is 0. The topological polar surface area (TPSA) is 77.6 Å². The summed E-state index contributed by atoms with van der Waals surface area (Å²) in [4.78, 5) is 33.7. The highest BCUT2D eigenvalue weighted by Gasteiger charge is 2.29. The summed E-state index contributed by atoms with van der Waals surface area (Å²) in [5.74, 6) is -0.0905. The first-order valence-electron chi connectivity index (χ1n) is 11.5. The van der Waals surface area contributed by atoms with E-state index >= 15 is 0 Å². The van der Waals surface area contributed by atoms with Crippen molar-refractivity contribution in [2.45, 2.75) is 19.5 Å². The molecule has 176 valence electrons. The number of amides is 2. The number of nitrogens with zero attached hydrogens (tertiary/aromatic N) is 3. The molecule has 0 aliphatic carbocycles. The summed E-state index contributed by atoms with van der Waals surface area (Å²) in [6.45, 7) is 4.70. The molecule has 0 saturated carbocycles. The van der Waals surface area contributed by atoms with E-state index in [0.29, 0.717) is 30.8 Å². The lowest BCUT2D eigenvalue weighted by atomic mass is 9.99. The molecular formula is C27H31N5O2. The molecule has 1 atom stereocenters. The number of carbonyl (C=O) groups excluding carboxylic acids is 2. The van der Waals surface area contributed by atoms with Crippen LogP contribution in [0.5, 0.6) is 0 Å². The molecule has 4 rings (SSSR count). The van der Waals surface area contributed by atoms with Crippen LogP contribution in [0.15, 0.2) is 67.0 Å². The third-order valence-corrected chi connectivity index (χ3v) is 6.41. The Hall–Kier alpha value is -3.71. The Morgan fingerprint density at radius 2 is 1.82 bits per heavy atom. The van der Waals surface area contributed by atoms with E-state index in [1.54, 1.807) is 25.5 Å². The average Bonchev–Trinajstić information content (AvgIpc) is 2.88. The van der Waals surface area contributed by atoms with E-state index in [4.69, 9.17) is 0 Å². The highest BCUT2D eigenvalue weighted by Crippen LogP contribution is 2.27. The van der Waals surface area contributed by atoms with Gasteiger partial charge >= 0.3 is 0 Å². The third kappa shape index (κ3) is 5.26. The first-order valence-corrected chi connectivity index (χ1v) is 11.5. The second-order valence-corrected chi connectivity index (χ2v) is 8.69. The van der Waals surface area contributed by atoms with E-state index in [1.807, 2.05) is 60.4 Å². The van der Waals surface area contributed by atoms with E-state index in [2.05, 4.69) is 27.6 Å². The molecule has 0 unspecified atom stereocenters. The number of carbonyl (C=O) groups is 2. The lowest BCUT2D eigenvalue weighted by Gasteiger charge is -2.40. The van der Waals surface area contributed by atoms with Crippen molar-refractivity contribution in [1.82, 2.24) is 20.1 Å². The Labute approximate surface area is 200 Å². The second-order valence-electron chi connectivity index (χ2n) is 8.69. The van der Waals surface area contributed by atoms with Gasteiger partial charge in [-0.2, -0.15) is 0 Å². The number of rotatable bonds is 6. The van der Waals surface area contributed by atoms with Gasteiger partial charge in [-0.05, 0) is 67.1 Å². The van der Waals surface area contributed by atoms with Crippen LogP contribution < -0.4 is 10.6 Å². The van der Waals surface area contributed by atoms with Crippen molar-refractivity contribution in [3.8, 4) is 0 Å². The monoisotopic (exact) mass is 457 g/mol. The molecule has 2 N–H and O–H groups in total. The Morgan fingerprint density at radius 3 is 2.59 bits per heavy atom. The fraction of sp³-hybridized carbons (Fsp3) is 0.296. The molecular weight excluding hydrogens is 426 g/mol. The summed E-state index contributed by atoms with van der Waals surface area (Å²) in [5, 5.41) is 6.12. The molecule has 1 aliphatic heterocycles. The molecule has 1 saturated heterocycles. The molecule has 2 heterocycles. The third-order valence-electron chi connectivity index (χ3n) is 6.41. The molecule has 2 aromatic carbocycles. The maximum Gasteiger partial charge on any atom is 0.254 e. The number of hydrogen-bond donors (Lipinski definition) is 2. The number of piperazine rings is 1. The summed E-state index contributed by atoms with van der Waals surface area (Å²) in [7, 11) is 3.69.